The second kappa shape index (κ2) is 5.09. The summed E-state index contributed by atoms with van der Waals surface area (Å²) in [6.07, 6.45) is 0. The molecule has 0 heterocycles. The first-order valence-corrected chi connectivity index (χ1v) is 6.33. The van der Waals surface area contributed by atoms with Gasteiger partial charge < -0.3 is 4.72 Å². The summed E-state index contributed by atoms with van der Waals surface area (Å²) in [6, 6.07) is 2.76. The smallest absolute Gasteiger partial charge is 0.140 e. The number of hydrogen-bond acceptors (Lipinski definition) is 1. The predicted octanol–water partition coefficient (Wildman–Crippen LogP) is 3.34. The lowest BCUT2D eigenvalue weighted by Gasteiger charge is -2.06. The van der Waals surface area contributed by atoms with E-state index in [9.17, 15) is 8.60 Å². The van der Waals surface area contributed by atoms with Crippen molar-refractivity contribution in [1.29, 1.82) is 0 Å². The van der Waals surface area contributed by atoms with Crippen LogP contribution in [-0.4, -0.2) is 9.96 Å². The highest BCUT2D eigenvalue weighted by Crippen LogP contribution is 2.29. The largest absolute Gasteiger partial charge is 0.305 e. The Bertz CT molecular complexity index is 351. The van der Waals surface area contributed by atoms with Crippen LogP contribution in [0.2, 0.25) is 5.02 Å². The first-order valence-electron chi connectivity index (χ1n) is 3.84. The van der Waals surface area contributed by atoms with E-state index >= 15 is 0 Å². The van der Waals surface area contributed by atoms with Crippen molar-refractivity contribution in [2.45, 2.75) is 6.92 Å². The van der Waals surface area contributed by atoms with Gasteiger partial charge in [-0.15, -0.1) is 0 Å². The van der Waals surface area contributed by atoms with Crippen LogP contribution >= 0.6 is 27.5 Å². The van der Waals surface area contributed by atoms with E-state index in [0.29, 0.717) is 11.4 Å². The minimum atomic E-state index is -1.19. The number of benzene rings is 1. The SMILES string of the molecule is CCS(=O)Nc1cc(F)c(Br)c(Cl)c1. The Hall–Kier alpha value is -0.130. The Balaban J connectivity index is 2.95. The fourth-order valence-electron chi connectivity index (χ4n) is 0.818. The van der Waals surface area contributed by atoms with Crippen molar-refractivity contribution in [2.24, 2.45) is 0 Å². The molecule has 0 aliphatic heterocycles. The van der Waals surface area contributed by atoms with Crippen LogP contribution < -0.4 is 4.72 Å². The van der Waals surface area contributed by atoms with Gasteiger partial charge in [-0.2, -0.15) is 0 Å². The number of rotatable bonds is 3. The second-order valence-corrected chi connectivity index (χ2v) is 5.16. The van der Waals surface area contributed by atoms with Gasteiger partial charge in [-0.05, 0) is 28.1 Å². The third kappa shape index (κ3) is 2.93. The standard InChI is InChI=1S/C8H8BrClFNOS/c1-2-14(13)12-5-3-6(10)8(9)7(11)4-5/h3-4,12H,2H2,1H3. The molecule has 78 valence electrons. The van der Waals surface area contributed by atoms with Crippen LogP contribution in [0.15, 0.2) is 16.6 Å². The summed E-state index contributed by atoms with van der Waals surface area (Å²) in [4.78, 5) is 0. The molecule has 0 fully saturated rings. The lowest BCUT2D eigenvalue weighted by atomic mass is 10.3. The van der Waals surface area contributed by atoms with Crippen molar-refractivity contribution in [3.05, 3.63) is 27.4 Å². The lowest BCUT2D eigenvalue weighted by molar-refractivity contribution is 0.622. The van der Waals surface area contributed by atoms with Crippen LogP contribution in [0.3, 0.4) is 0 Å². The van der Waals surface area contributed by atoms with Gasteiger partial charge in [-0.1, -0.05) is 18.5 Å². The van der Waals surface area contributed by atoms with Crippen molar-refractivity contribution in [3.63, 3.8) is 0 Å². The molecule has 14 heavy (non-hydrogen) atoms. The maximum atomic E-state index is 13.1. The van der Waals surface area contributed by atoms with Crippen molar-refractivity contribution >= 4 is 44.2 Å². The molecule has 0 saturated heterocycles. The van der Waals surface area contributed by atoms with E-state index in [2.05, 4.69) is 20.7 Å². The van der Waals surface area contributed by atoms with Crippen molar-refractivity contribution in [1.82, 2.24) is 0 Å². The van der Waals surface area contributed by atoms with Gasteiger partial charge in [-0.25, -0.2) is 8.60 Å². The summed E-state index contributed by atoms with van der Waals surface area (Å²) in [5.41, 5.74) is 0.413. The highest BCUT2D eigenvalue weighted by atomic mass is 79.9. The number of halogens is 3. The molecule has 1 rings (SSSR count). The van der Waals surface area contributed by atoms with E-state index in [1.165, 1.54) is 12.1 Å². The molecule has 0 amide bonds. The zero-order valence-electron chi connectivity index (χ0n) is 7.31. The van der Waals surface area contributed by atoms with E-state index in [0.717, 1.165) is 0 Å². The number of nitrogens with one attached hydrogen (secondary N) is 1. The van der Waals surface area contributed by atoms with E-state index in [-0.39, 0.29) is 9.50 Å². The second-order valence-electron chi connectivity index (χ2n) is 2.49. The van der Waals surface area contributed by atoms with E-state index in [4.69, 9.17) is 11.6 Å². The molecule has 0 spiro atoms. The van der Waals surface area contributed by atoms with Gasteiger partial charge >= 0.3 is 0 Å². The zero-order chi connectivity index (χ0) is 10.7. The summed E-state index contributed by atoms with van der Waals surface area (Å²) in [7, 11) is -1.19. The van der Waals surface area contributed by atoms with E-state index in [1.54, 1.807) is 6.92 Å². The van der Waals surface area contributed by atoms with E-state index in [1.807, 2.05) is 0 Å². The van der Waals surface area contributed by atoms with Crippen molar-refractivity contribution in [3.8, 4) is 0 Å². The van der Waals surface area contributed by atoms with Gasteiger partial charge in [0.15, 0.2) is 0 Å². The molecular formula is C8H8BrClFNOS. The summed E-state index contributed by atoms with van der Waals surface area (Å²) < 4.78 is 27.1. The molecule has 1 N–H and O–H groups in total. The lowest BCUT2D eigenvalue weighted by Crippen LogP contribution is -2.06. The summed E-state index contributed by atoms with van der Waals surface area (Å²) in [5, 5.41) is 0.251. The maximum Gasteiger partial charge on any atom is 0.140 e. The van der Waals surface area contributed by atoms with E-state index < -0.39 is 16.8 Å². The molecule has 0 radical (unpaired) electrons. The van der Waals surface area contributed by atoms with Crippen LogP contribution in [0, 0.1) is 5.82 Å². The minimum Gasteiger partial charge on any atom is -0.305 e. The third-order valence-corrected chi connectivity index (χ3v) is 3.80. The molecule has 1 unspecified atom stereocenters. The minimum absolute atomic E-state index is 0.215. The summed E-state index contributed by atoms with van der Waals surface area (Å²) in [5.74, 6) is -0.0249. The fraction of sp³-hybridized carbons (Fsp3) is 0.250. The quantitative estimate of drug-likeness (QED) is 0.852. The normalized spacial score (nSPS) is 12.6. The average Bonchev–Trinajstić information content (AvgIpc) is 2.14. The van der Waals surface area contributed by atoms with Crippen LogP contribution in [0.1, 0.15) is 6.92 Å². The zero-order valence-corrected chi connectivity index (χ0v) is 10.5. The maximum absolute atomic E-state index is 13.1. The molecule has 6 heteroatoms. The highest BCUT2D eigenvalue weighted by molar-refractivity contribution is 9.10. The van der Waals surface area contributed by atoms with Gasteiger partial charge in [0.1, 0.15) is 16.8 Å². The topological polar surface area (TPSA) is 29.1 Å². The molecule has 0 bridgehead atoms. The molecule has 0 aliphatic carbocycles. The molecule has 1 aromatic rings. The number of anilines is 1. The molecule has 0 aliphatic rings. The Labute approximate surface area is 97.6 Å². The van der Waals surface area contributed by atoms with Crippen molar-refractivity contribution < 1.29 is 8.60 Å². The van der Waals surface area contributed by atoms with Gasteiger partial charge in [0.25, 0.3) is 0 Å². The van der Waals surface area contributed by atoms with Gasteiger partial charge in [0.05, 0.1) is 15.2 Å². The van der Waals surface area contributed by atoms with Crippen LogP contribution in [0.4, 0.5) is 10.1 Å². The predicted molar refractivity (Wildman–Crippen MR) is 61.4 cm³/mol. The van der Waals surface area contributed by atoms with Gasteiger partial charge in [-0.3, -0.25) is 0 Å². The average molecular weight is 301 g/mol. The Morgan fingerprint density at radius 1 is 1.64 bits per heavy atom. The first kappa shape index (κ1) is 11.9. The Morgan fingerprint density at radius 3 is 2.79 bits per heavy atom. The summed E-state index contributed by atoms with van der Waals surface area (Å²) >= 11 is 8.71. The van der Waals surface area contributed by atoms with Crippen molar-refractivity contribution in [2.75, 3.05) is 10.5 Å². The Kier molecular flexibility index (Phi) is 4.34. The molecule has 1 atom stereocenters. The van der Waals surface area contributed by atoms with Gasteiger partial charge in [0, 0.05) is 5.75 Å². The molecular weight excluding hydrogens is 293 g/mol. The third-order valence-electron chi connectivity index (χ3n) is 1.48. The van der Waals surface area contributed by atoms with Crippen LogP contribution in [0.5, 0.6) is 0 Å². The van der Waals surface area contributed by atoms with Crippen LogP contribution in [0.25, 0.3) is 0 Å². The molecule has 0 aromatic heterocycles. The molecule has 2 nitrogen and oxygen atoms in total. The first-order chi connectivity index (χ1) is 6.54. The molecule has 0 saturated carbocycles. The van der Waals surface area contributed by atoms with Gasteiger partial charge in [0.2, 0.25) is 0 Å². The number of hydrogen-bond donors (Lipinski definition) is 1. The van der Waals surface area contributed by atoms with Crippen LogP contribution in [-0.2, 0) is 11.0 Å². The molecule has 1 aromatic carbocycles. The fourth-order valence-corrected chi connectivity index (χ4v) is 1.78. The Morgan fingerprint density at radius 2 is 2.29 bits per heavy atom. The summed E-state index contributed by atoms with van der Waals surface area (Å²) in [6.45, 7) is 1.76. The highest BCUT2D eigenvalue weighted by Gasteiger charge is 2.07. The monoisotopic (exact) mass is 299 g/mol.